The molecule has 2 atom stereocenters. The zero-order chi connectivity index (χ0) is 12.0. The fraction of sp³-hybridized carbons (Fsp3) is 0.667. The van der Waals surface area contributed by atoms with E-state index in [1.807, 2.05) is 0 Å². The second kappa shape index (κ2) is 6.13. The summed E-state index contributed by atoms with van der Waals surface area (Å²) >= 11 is 0. The van der Waals surface area contributed by atoms with Crippen LogP contribution in [0.3, 0.4) is 0 Å². The molecule has 6 nitrogen and oxygen atoms in total. The van der Waals surface area contributed by atoms with Crippen molar-refractivity contribution in [2.24, 2.45) is 5.73 Å². The van der Waals surface area contributed by atoms with Crippen molar-refractivity contribution in [1.29, 1.82) is 0 Å². The SMILES string of the molecule is CC(=O)N[C@@H](C)C(=O)CN[C@@H](C)C(N)=O. The summed E-state index contributed by atoms with van der Waals surface area (Å²) in [7, 11) is 0. The normalized spacial score (nSPS) is 14.1. The highest BCUT2D eigenvalue weighted by molar-refractivity contribution is 5.90. The Morgan fingerprint density at radius 2 is 1.73 bits per heavy atom. The standard InChI is InChI=1S/C9H17N3O3/c1-5(12-7(3)13)8(14)4-11-6(2)9(10)15/h5-6,11H,4H2,1-3H3,(H2,10,15)(H,12,13)/t5-,6-/m0/s1. The lowest BCUT2D eigenvalue weighted by atomic mass is 10.2. The van der Waals surface area contributed by atoms with Gasteiger partial charge in [0.15, 0.2) is 5.78 Å². The largest absolute Gasteiger partial charge is 0.368 e. The van der Waals surface area contributed by atoms with Crippen LogP contribution in [0.15, 0.2) is 0 Å². The quantitative estimate of drug-likeness (QED) is 0.504. The van der Waals surface area contributed by atoms with Crippen LogP contribution < -0.4 is 16.4 Å². The number of carbonyl (C=O) groups is 3. The lowest BCUT2D eigenvalue weighted by Gasteiger charge is -2.13. The lowest BCUT2D eigenvalue weighted by Crippen LogP contribution is -2.46. The summed E-state index contributed by atoms with van der Waals surface area (Å²) in [6.07, 6.45) is 0. The first-order valence-electron chi connectivity index (χ1n) is 4.67. The number of nitrogens with one attached hydrogen (secondary N) is 2. The molecule has 0 radical (unpaired) electrons. The van der Waals surface area contributed by atoms with Crippen molar-refractivity contribution in [3.63, 3.8) is 0 Å². The minimum atomic E-state index is -0.560. The van der Waals surface area contributed by atoms with E-state index in [1.165, 1.54) is 6.92 Å². The van der Waals surface area contributed by atoms with Gasteiger partial charge in [0, 0.05) is 6.92 Å². The number of hydrogen-bond donors (Lipinski definition) is 3. The first-order valence-corrected chi connectivity index (χ1v) is 4.67. The van der Waals surface area contributed by atoms with Crippen molar-refractivity contribution in [1.82, 2.24) is 10.6 Å². The van der Waals surface area contributed by atoms with Crippen LogP contribution in [0.1, 0.15) is 20.8 Å². The second-order valence-corrected chi connectivity index (χ2v) is 3.39. The fourth-order valence-corrected chi connectivity index (χ4v) is 0.893. The van der Waals surface area contributed by atoms with Gasteiger partial charge < -0.3 is 11.1 Å². The maximum atomic E-state index is 11.4. The molecule has 0 saturated carbocycles. The van der Waals surface area contributed by atoms with Gasteiger partial charge in [-0.15, -0.1) is 0 Å². The van der Waals surface area contributed by atoms with Gasteiger partial charge in [-0.05, 0) is 13.8 Å². The smallest absolute Gasteiger partial charge is 0.234 e. The van der Waals surface area contributed by atoms with E-state index in [0.29, 0.717) is 0 Å². The highest BCUT2D eigenvalue weighted by Gasteiger charge is 2.15. The number of rotatable bonds is 6. The average molecular weight is 215 g/mol. The molecule has 0 aliphatic rings. The predicted octanol–water partition coefficient (Wildman–Crippen LogP) is -1.46. The third kappa shape index (κ3) is 5.79. The minimum absolute atomic E-state index is 0.00551. The third-order valence-corrected chi connectivity index (χ3v) is 1.91. The van der Waals surface area contributed by atoms with Gasteiger partial charge in [-0.2, -0.15) is 0 Å². The van der Waals surface area contributed by atoms with Crippen LogP contribution in [0.5, 0.6) is 0 Å². The van der Waals surface area contributed by atoms with Gasteiger partial charge in [-0.25, -0.2) is 0 Å². The van der Waals surface area contributed by atoms with Crippen LogP contribution in [0.4, 0.5) is 0 Å². The molecular weight excluding hydrogens is 198 g/mol. The molecule has 0 saturated heterocycles. The lowest BCUT2D eigenvalue weighted by molar-refractivity contribution is -0.126. The summed E-state index contributed by atoms with van der Waals surface area (Å²) in [5.41, 5.74) is 5.00. The third-order valence-electron chi connectivity index (χ3n) is 1.91. The van der Waals surface area contributed by atoms with Crippen LogP contribution in [-0.4, -0.2) is 36.2 Å². The Morgan fingerprint density at radius 1 is 1.20 bits per heavy atom. The predicted molar refractivity (Wildman–Crippen MR) is 54.9 cm³/mol. The van der Waals surface area contributed by atoms with Crippen LogP contribution in [-0.2, 0) is 14.4 Å². The van der Waals surface area contributed by atoms with Crippen molar-refractivity contribution in [3.05, 3.63) is 0 Å². The van der Waals surface area contributed by atoms with Gasteiger partial charge in [0.2, 0.25) is 11.8 Å². The van der Waals surface area contributed by atoms with Crippen molar-refractivity contribution in [2.45, 2.75) is 32.9 Å². The molecule has 4 N–H and O–H groups in total. The van der Waals surface area contributed by atoms with Crippen LogP contribution in [0, 0.1) is 0 Å². The molecule has 0 aromatic heterocycles. The zero-order valence-electron chi connectivity index (χ0n) is 9.16. The summed E-state index contributed by atoms with van der Waals surface area (Å²) in [5.74, 6) is -0.980. The summed E-state index contributed by atoms with van der Waals surface area (Å²) in [4.78, 5) is 32.7. The first-order chi connectivity index (χ1) is 6.84. The number of hydrogen-bond acceptors (Lipinski definition) is 4. The molecule has 0 spiro atoms. The van der Waals surface area contributed by atoms with Crippen molar-refractivity contribution >= 4 is 17.6 Å². The van der Waals surface area contributed by atoms with Crippen LogP contribution in [0.2, 0.25) is 0 Å². The average Bonchev–Trinajstić information content (AvgIpc) is 2.12. The van der Waals surface area contributed by atoms with Gasteiger partial charge in [-0.3, -0.25) is 19.7 Å². The number of carbonyl (C=O) groups excluding carboxylic acids is 3. The van der Waals surface area contributed by atoms with Gasteiger partial charge in [0.05, 0.1) is 18.6 Å². The Labute approximate surface area is 88.6 Å². The molecule has 0 aliphatic carbocycles. The molecular formula is C9H17N3O3. The highest BCUT2D eigenvalue weighted by atomic mass is 16.2. The number of amides is 2. The van der Waals surface area contributed by atoms with E-state index >= 15 is 0 Å². The van der Waals surface area contributed by atoms with Gasteiger partial charge in [0.1, 0.15) is 0 Å². The second-order valence-electron chi connectivity index (χ2n) is 3.39. The van der Waals surface area contributed by atoms with E-state index in [0.717, 1.165) is 0 Å². The van der Waals surface area contributed by atoms with Crippen LogP contribution >= 0.6 is 0 Å². The molecule has 86 valence electrons. The molecule has 0 aromatic rings. The van der Waals surface area contributed by atoms with Crippen molar-refractivity contribution in [2.75, 3.05) is 6.54 Å². The van der Waals surface area contributed by atoms with Crippen molar-refractivity contribution < 1.29 is 14.4 Å². The van der Waals surface area contributed by atoms with Gasteiger partial charge in [0.25, 0.3) is 0 Å². The number of ketones is 1. The number of primary amides is 1. The van der Waals surface area contributed by atoms with E-state index in [9.17, 15) is 14.4 Å². The summed E-state index contributed by atoms with van der Waals surface area (Å²) < 4.78 is 0. The number of nitrogens with two attached hydrogens (primary N) is 1. The minimum Gasteiger partial charge on any atom is -0.368 e. The molecule has 0 rings (SSSR count). The van der Waals surface area contributed by atoms with Gasteiger partial charge >= 0.3 is 0 Å². The number of Topliss-reactive ketones (excluding diaryl/α,β-unsaturated/α-hetero) is 1. The molecule has 0 aliphatic heterocycles. The van der Waals surface area contributed by atoms with Crippen LogP contribution in [0.25, 0.3) is 0 Å². The Bertz CT molecular complexity index is 265. The molecule has 6 heteroatoms. The van der Waals surface area contributed by atoms with E-state index in [-0.39, 0.29) is 18.2 Å². The zero-order valence-corrected chi connectivity index (χ0v) is 9.16. The fourth-order valence-electron chi connectivity index (χ4n) is 0.893. The first kappa shape index (κ1) is 13.6. The van der Waals surface area contributed by atoms with E-state index in [2.05, 4.69) is 10.6 Å². The Kier molecular flexibility index (Phi) is 5.54. The molecule has 0 aromatic carbocycles. The van der Waals surface area contributed by atoms with E-state index < -0.39 is 18.0 Å². The molecule has 0 fully saturated rings. The molecule has 0 bridgehead atoms. The summed E-state index contributed by atoms with van der Waals surface area (Å²) in [5, 5.41) is 5.11. The molecule has 0 unspecified atom stereocenters. The van der Waals surface area contributed by atoms with Crippen molar-refractivity contribution in [3.8, 4) is 0 Å². The Morgan fingerprint density at radius 3 is 2.13 bits per heavy atom. The summed E-state index contributed by atoms with van der Waals surface area (Å²) in [6, 6.07) is -1.12. The monoisotopic (exact) mass is 215 g/mol. The van der Waals surface area contributed by atoms with Gasteiger partial charge in [-0.1, -0.05) is 0 Å². The molecule has 15 heavy (non-hydrogen) atoms. The van der Waals surface area contributed by atoms with E-state index in [4.69, 9.17) is 5.73 Å². The topological polar surface area (TPSA) is 101 Å². The Balaban J connectivity index is 3.93. The Hall–Kier alpha value is -1.43. The molecule has 2 amide bonds. The maximum absolute atomic E-state index is 11.4. The summed E-state index contributed by atoms with van der Waals surface area (Å²) in [6.45, 7) is 4.49. The maximum Gasteiger partial charge on any atom is 0.234 e. The molecule has 0 heterocycles. The van der Waals surface area contributed by atoms with E-state index in [1.54, 1.807) is 13.8 Å². The highest BCUT2D eigenvalue weighted by Crippen LogP contribution is 1.86.